The molecule has 0 amide bonds. The van der Waals surface area contributed by atoms with Gasteiger partial charge in [-0.05, 0) is 24.1 Å². The molecule has 3 nitrogen and oxygen atoms in total. The van der Waals surface area contributed by atoms with Gasteiger partial charge in [0.2, 0.25) is 0 Å². The molecule has 1 atom stereocenters. The smallest absolute Gasteiger partial charge is 0.115 e. The average molecular weight is 209 g/mol. The van der Waals surface area contributed by atoms with Gasteiger partial charge < -0.3 is 0 Å². The maximum atomic E-state index is 9.25. The number of aromatic nitrogens is 2. The number of hydrogen-bond acceptors (Lipinski definition) is 3. The molecule has 0 N–H and O–H groups in total. The molecule has 0 radical (unpaired) electrons. The Labute approximate surface area is 94.4 Å². The lowest BCUT2D eigenvalue weighted by Gasteiger charge is -2.10. The van der Waals surface area contributed by atoms with E-state index in [2.05, 4.69) is 16.0 Å². The van der Waals surface area contributed by atoms with Gasteiger partial charge in [0.1, 0.15) is 12.2 Å². The van der Waals surface area contributed by atoms with Gasteiger partial charge in [-0.3, -0.25) is 0 Å². The number of rotatable bonds is 2. The van der Waals surface area contributed by atoms with E-state index in [1.165, 1.54) is 6.33 Å². The van der Waals surface area contributed by atoms with E-state index in [9.17, 15) is 5.26 Å². The summed E-state index contributed by atoms with van der Waals surface area (Å²) < 4.78 is 0. The third kappa shape index (κ3) is 1.91. The molecule has 1 unspecified atom stereocenters. The fourth-order valence-electron chi connectivity index (χ4n) is 1.68. The first kappa shape index (κ1) is 10.3. The Morgan fingerprint density at radius 1 is 1.25 bits per heavy atom. The second kappa shape index (κ2) is 4.54. The van der Waals surface area contributed by atoms with Crippen molar-refractivity contribution in [2.24, 2.45) is 0 Å². The van der Waals surface area contributed by atoms with Crippen molar-refractivity contribution >= 4 is 0 Å². The topological polar surface area (TPSA) is 49.6 Å². The Bertz CT molecular complexity index is 514. The van der Waals surface area contributed by atoms with Gasteiger partial charge in [-0.25, -0.2) is 9.97 Å². The van der Waals surface area contributed by atoms with Crippen LogP contribution in [0.25, 0.3) is 0 Å². The zero-order valence-corrected chi connectivity index (χ0v) is 8.96. The molecule has 0 aliphatic heterocycles. The number of hydrogen-bond donors (Lipinski definition) is 0. The predicted molar refractivity (Wildman–Crippen MR) is 60.7 cm³/mol. The highest BCUT2D eigenvalue weighted by Crippen LogP contribution is 2.24. The van der Waals surface area contributed by atoms with Crippen molar-refractivity contribution in [1.29, 1.82) is 5.26 Å². The molecule has 3 heteroatoms. The van der Waals surface area contributed by atoms with Crippen LogP contribution in [0.3, 0.4) is 0 Å². The van der Waals surface area contributed by atoms with Gasteiger partial charge >= 0.3 is 0 Å². The third-order valence-corrected chi connectivity index (χ3v) is 2.53. The summed E-state index contributed by atoms with van der Waals surface area (Å²) in [4.78, 5) is 7.99. The molecule has 0 saturated heterocycles. The summed E-state index contributed by atoms with van der Waals surface area (Å²) in [7, 11) is 0. The molecule has 2 aromatic rings. The molecular weight excluding hydrogens is 198 g/mol. The van der Waals surface area contributed by atoms with E-state index >= 15 is 0 Å². The molecule has 1 heterocycles. The molecule has 0 spiro atoms. The van der Waals surface area contributed by atoms with Crippen LogP contribution in [0.5, 0.6) is 0 Å². The second-order valence-corrected chi connectivity index (χ2v) is 3.55. The standard InChI is InChI=1S/C13H11N3/c1-10-4-2-3-5-11(10)12(8-14)13-6-7-15-9-16-13/h2-7,9,12H,1H3. The fraction of sp³-hybridized carbons (Fsp3) is 0.154. The third-order valence-electron chi connectivity index (χ3n) is 2.53. The molecule has 1 aromatic carbocycles. The highest BCUT2D eigenvalue weighted by molar-refractivity contribution is 5.38. The van der Waals surface area contributed by atoms with E-state index in [1.54, 1.807) is 12.3 Å². The molecule has 1 aromatic heterocycles. The summed E-state index contributed by atoms with van der Waals surface area (Å²) in [5.41, 5.74) is 2.85. The molecule has 0 saturated carbocycles. The van der Waals surface area contributed by atoms with E-state index in [4.69, 9.17) is 0 Å². The van der Waals surface area contributed by atoms with Crippen LogP contribution in [0.1, 0.15) is 22.7 Å². The molecule has 0 fully saturated rings. The summed E-state index contributed by atoms with van der Waals surface area (Å²) in [6, 6.07) is 11.9. The monoisotopic (exact) mass is 209 g/mol. The van der Waals surface area contributed by atoms with Gasteiger partial charge in [0, 0.05) is 6.20 Å². The highest BCUT2D eigenvalue weighted by atomic mass is 14.8. The lowest BCUT2D eigenvalue weighted by molar-refractivity contribution is 0.934. The Morgan fingerprint density at radius 3 is 2.69 bits per heavy atom. The van der Waals surface area contributed by atoms with Crippen LogP contribution < -0.4 is 0 Å². The normalized spacial score (nSPS) is 11.8. The number of benzene rings is 1. The highest BCUT2D eigenvalue weighted by Gasteiger charge is 2.15. The van der Waals surface area contributed by atoms with Crippen LogP contribution in [-0.2, 0) is 0 Å². The maximum absolute atomic E-state index is 9.25. The van der Waals surface area contributed by atoms with Crippen molar-refractivity contribution in [2.75, 3.05) is 0 Å². The van der Waals surface area contributed by atoms with Crippen molar-refractivity contribution in [3.63, 3.8) is 0 Å². The van der Waals surface area contributed by atoms with Crippen molar-refractivity contribution < 1.29 is 0 Å². The molecule has 2 rings (SSSR count). The van der Waals surface area contributed by atoms with Crippen LogP contribution in [0, 0.1) is 18.3 Å². The zero-order valence-electron chi connectivity index (χ0n) is 8.96. The van der Waals surface area contributed by atoms with Gasteiger partial charge in [0.15, 0.2) is 0 Å². The number of aryl methyl sites for hydroxylation is 1. The summed E-state index contributed by atoms with van der Waals surface area (Å²) in [6.07, 6.45) is 3.13. The van der Waals surface area contributed by atoms with Crippen LogP contribution >= 0.6 is 0 Å². The number of nitriles is 1. The molecule has 0 aliphatic rings. The maximum Gasteiger partial charge on any atom is 0.115 e. The minimum atomic E-state index is -0.316. The zero-order chi connectivity index (χ0) is 11.4. The average Bonchev–Trinajstić information content (AvgIpc) is 2.34. The lowest BCUT2D eigenvalue weighted by atomic mass is 9.93. The molecule has 0 aliphatic carbocycles. The Hall–Kier alpha value is -2.21. The van der Waals surface area contributed by atoms with E-state index in [0.717, 1.165) is 16.8 Å². The lowest BCUT2D eigenvalue weighted by Crippen LogP contribution is -2.02. The van der Waals surface area contributed by atoms with Crippen molar-refractivity contribution in [2.45, 2.75) is 12.8 Å². The van der Waals surface area contributed by atoms with E-state index < -0.39 is 0 Å². The van der Waals surface area contributed by atoms with E-state index in [1.807, 2.05) is 31.2 Å². The SMILES string of the molecule is Cc1ccccc1C(C#N)c1ccncn1. The first-order chi connectivity index (χ1) is 7.83. The summed E-state index contributed by atoms with van der Waals surface area (Å²) >= 11 is 0. The van der Waals surface area contributed by atoms with Crippen LogP contribution in [0.4, 0.5) is 0 Å². The second-order valence-electron chi connectivity index (χ2n) is 3.55. The van der Waals surface area contributed by atoms with Gasteiger partial charge in [-0.15, -0.1) is 0 Å². The molecule has 78 valence electrons. The van der Waals surface area contributed by atoms with Crippen molar-refractivity contribution in [3.8, 4) is 6.07 Å². The summed E-state index contributed by atoms with van der Waals surface area (Å²) in [5, 5.41) is 9.25. The summed E-state index contributed by atoms with van der Waals surface area (Å²) in [6.45, 7) is 2.00. The Balaban J connectivity index is 2.47. The molecule has 16 heavy (non-hydrogen) atoms. The Morgan fingerprint density at radius 2 is 2.06 bits per heavy atom. The molecule has 0 bridgehead atoms. The number of nitrogens with zero attached hydrogens (tertiary/aromatic N) is 3. The van der Waals surface area contributed by atoms with Crippen LogP contribution in [-0.4, -0.2) is 9.97 Å². The predicted octanol–water partition coefficient (Wildman–Crippen LogP) is 2.44. The van der Waals surface area contributed by atoms with Gasteiger partial charge in [0.05, 0.1) is 11.8 Å². The molecular formula is C13H11N3. The first-order valence-corrected chi connectivity index (χ1v) is 5.04. The minimum absolute atomic E-state index is 0.316. The van der Waals surface area contributed by atoms with Crippen LogP contribution in [0.15, 0.2) is 42.9 Å². The van der Waals surface area contributed by atoms with Gasteiger partial charge in [-0.2, -0.15) is 5.26 Å². The minimum Gasteiger partial charge on any atom is -0.245 e. The van der Waals surface area contributed by atoms with Crippen LogP contribution in [0.2, 0.25) is 0 Å². The van der Waals surface area contributed by atoms with Crippen molar-refractivity contribution in [1.82, 2.24) is 9.97 Å². The van der Waals surface area contributed by atoms with E-state index in [0.29, 0.717) is 0 Å². The Kier molecular flexibility index (Phi) is 2.93. The quantitative estimate of drug-likeness (QED) is 0.763. The van der Waals surface area contributed by atoms with E-state index in [-0.39, 0.29) is 5.92 Å². The fourth-order valence-corrected chi connectivity index (χ4v) is 1.68. The largest absolute Gasteiger partial charge is 0.245 e. The summed E-state index contributed by atoms with van der Waals surface area (Å²) in [5.74, 6) is -0.316. The van der Waals surface area contributed by atoms with Crippen molar-refractivity contribution in [3.05, 3.63) is 59.7 Å². The van der Waals surface area contributed by atoms with Gasteiger partial charge in [-0.1, -0.05) is 24.3 Å². The first-order valence-electron chi connectivity index (χ1n) is 5.04. The van der Waals surface area contributed by atoms with Gasteiger partial charge in [0.25, 0.3) is 0 Å².